The fourth-order valence-corrected chi connectivity index (χ4v) is 3.48. The fraction of sp³-hybridized carbons (Fsp3) is 0.520. The standard InChI is InChI=1S/C25H33N3O6/c1-7-17-11-13-18(14-12-17)21(22(30)26-15-20(29)33-6)28(19-9-8-10-19)23(31)16(2)27-24(32)34-25(3,4)5/h1,11-14,16,19,21H,8-10,15H2,2-6H3,(H,26,30)(H,27,32). The molecule has 1 aliphatic carbocycles. The van der Waals surface area contributed by atoms with Crippen LogP contribution < -0.4 is 10.6 Å². The van der Waals surface area contributed by atoms with Crippen molar-refractivity contribution in [2.75, 3.05) is 13.7 Å². The Hall–Kier alpha value is -3.54. The molecule has 0 aliphatic heterocycles. The first-order valence-corrected chi connectivity index (χ1v) is 11.2. The SMILES string of the molecule is C#Cc1ccc(C(C(=O)NCC(=O)OC)N(C(=O)C(C)NC(=O)OC(C)(C)C)C2CCC2)cc1. The largest absolute Gasteiger partial charge is 0.468 e. The maximum Gasteiger partial charge on any atom is 0.408 e. The van der Waals surface area contributed by atoms with E-state index in [2.05, 4.69) is 21.3 Å². The molecule has 0 bridgehead atoms. The van der Waals surface area contributed by atoms with Gasteiger partial charge < -0.3 is 25.0 Å². The first kappa shape index (κ1) is 26.7. The molecule has 1 aromatic carbocycles. The molecule has 1 aliphatic rings. The van der Waals surface area contributed by atoms with Crippen LogP contribution in [0.1, 0.15) is 64.1 Å². The van der Waals surface area contributed by atoms with Crippen LogP contribution in [0.25, 0.3) is 0 Å². The monoisotopic (exact) mass is 471 g/mol. The second-order valence-corrected chi connectivity index (χ2v) is 9.16. The van der Waals surface area contributed by atoms with E-state index >= 15 is 0 Å². The number of hydrogen-bond acceptors (Lipinski definition) is 6. The summed E-state index contributed by atoms with van der Waals surface area (Å²) >= 11 is 0. The zero-order chi connectivity index (χ0) is 25.5. The molecule has 2 atom stereocenters. The number of carbonyl (C=O) groups is 4. The van der Waals surface area contributed by atoms with Gasteiger partial charge in [-0.3, -0.25) is 14.4 Å². The van der Waals surface area contributed by atoms with Crippen molar-refractivity contribution in [2.45, 2.75) is 70.7 Å². The highest BCUT2D eigenvalue weighted by molar-refractivity contribution is 5.93. The topological polar surface area (TPSA) is 114 Å². The van der Waals surface area contributed by atoms with Gasteiger partial charge >= 0.3 is 12.1 Å². The van der Waals surface area contributed by atoms with E-state index in [1.54, 1.807) is 52.0 Å². The molecular weight excluding hydrogens is 438 g/mol. The summed E-state index contributed by atoms with van der Waals surface area (Å²) in [5, 5.41) is 5.11. The van der Waals surface area contributed by atoms with Crippen LogP contribution in [0.2, 0.25) is 0 Å². The Morgan fingerprint density at radius 1 is 1.18 bits per heavy atom. The minimum Gasteiger partial charge on any atom is -0.468 e. The normalized spacial score (nSPS) is 15.1. The molecule has 3 amide bonds. The number of ether oxygens (including phenoxy) is 2. The van der Waals surface area contributed by atoms with Gasteiger partial charge in [-0.2, -0.15) is 0 Å². The number of benzene rings is 1. The third kappa shape index (κ3) is 7.24. The minimum atomic E-state index is -1.03. The number of terminal acetylenes is 1. The van der Waals surface area contributed by atoms with Gasteiger partial charge in [0.2, 0.25) is 11.8 Å². The molecule has 0 radical (unpaired) electrons. The van der Waals surface area contributed by atoms with Gasteiger partial charge in [-0.15, -0.1) is 6.42 Å². The lowest BCUT2D eigenvalue weighted by Gasteiger charge is -2.43. The van der Waals surface area contributed by atoms with E-state index in [9.17, 15) is 19.2 Å². The molecule has 2 unspecified atom stereocenters. The number of amides is 3. The summed E-state index contributed by atoms with van der Waals surface area (Å²) in [5.41, 5.74) is 0.431. The number of nitrogens with zero attached hydrogens (tertiary/aromatic N) is 1. The lowest BCUT2D eigenvalue weighted by Crippen LogP contribution is -2.57. The van der Waals surface area contributed by atoms with Gasteiger partial charge in [0.25, 0.3) is 0 Å². The van der Waals surface area contributed by atoms with Crippen molar-refractivity contribution in [1.29, 1.82) is 0 Å². The van der Waals surface area contributed by atoms with Crippen molar-refractivity contribution in [3.8, 4) is 12.3 Å². The average molecular weight is 472 g/mol. The lowest BCUT2D eigenvalue weighted by molar-refractivity contribution is -0.148. The fourth-order valence-electron chi connectivity index (χ4n) is 3.48. The maximum atomic E-state index is 13.6. The summed E-state index contributed by atoms with van der Waals surface area (Å²) in [4.78, 5) is 52.2. The van der Waals surface area contributed by atoms with Crippen molar-refractivity contribution < 1.29 is 28.7 Å². The number of hydrogen-bond donors (Lipinski definition) is 2. The molecule has 0 saturated heterocycles. The van der Waals surface area contributed by atoms with Gasteiger partial charge in [-0.1, -0.05) is 18.1 Å². The van der Waals surface area contributed by atoms with Crippen LogP contribution in [0.5, 0.6) is 0 Å². The van der Waals surface area contributed by atoms with E-state index in [-0.39, 0.29) is 12.6 Å². The van der Waals surface area contributed by atoms with Gasteiger partial charge in [-0.25, -0.2) is 4.79 Å². The number of esters is 1. The van der Waals surface area contributed by atoms with E-state index in [0.717, 1.165) is 6.42 Å². The predicted molar refractivity (Wildman–Crippen MR) is 125 cm³/mol. The number of nitrogens with one attached hydrogen (secondary N) is 2. The van der Waals surface area contributed by atoms with Crippen molar-refractivity contribution in [1.82, 2.24) is 15.5 Å². The maximum absolute atomic E-state index is 13.6. The number of alkyl carbamates (subject to hydrolysis) is 1. The van der Waals surface area contributed by atoms with Crippen molar-refractivity contribution >= 4 is 23.9 Å². The van der Waals surface area contributed by atoms with Crippen LogP contribution in [0.3, 0.4) is 0 Å². The Morgan fingerprint density at radius 2 is 1.79 bits per heavy atom. The van der Waals surface area contributed by atoms with Crippen LogP contribution in [-0.4, -0.2) is 60.1 Å². The third-order valence-corrected chi connectivity index (χ3v) is 5.38. The Bertz CT molecular complexity index is 941. The van der Waals surface area contributed by atoms with E-state index in [1.165, 1.54) is 12.0 Å². The second kappa shape index (κ2) is 11.5. The van der Waals surface area contributed by atoms with Gasteiger partial charge in [0.05, 0.1) is 7.11 Å². The number of rotatable bonds is 8. The van der Waals surface area contributed by atoms with Gasteiger partial charge in [-0.05, 0) is 64.7 Å². The van der Waals surface area contributed by atoms with Crippen molar-refractivity contribution in [3.63, 3.8) is 0 Å². The number of methoxy groups -OCH3 is 1. The molecule has 2 N–H and O–H groups in total. The molecule has 184 valence electrons. The average Bonchev–Trinajstić information content (AvgIpc) is 2.74. The van der Waals surface area contributed by atoms with Gasteiger partial charge in [0.15, 0.2) is 0 Å². The van der Waals surface area contributed by atoms with Gasteiger partial charge in [0.1, 0.15) is 24.2 Å². The minimum absolute atomic E-state index is 0.198. The Kier molecular flexibility index (Phi) is 9.07. The molecule has 1 aromatic rings. The van der Waals surface area contributed by atoms with Crippen LogP contribution in [-0.2, 0) is 23.9 Å². The van der Waals surface area contributed by atoms with Crippen molar-refractivity contribution in [2.24, 2.45) is 0 Å². The summed E-state index contributed by atoms with van der Waals surface area (Å²) in [6.07, 6.45) is 7.07. The van der Waals surface area contributed by atoms with Crippen LogP contribution >= 0.6 is 0 Å². The zero-order valence-electron chi connectivity index (χ0n) is 20.3. The predicted octanol–water partition coefficient (Wildman–Crippen LogP) is 2.29. The second-order valence-electron chi connectivity index (χ2n) is 9.16. The van der Waals surface area contributed by atoms with Crippen LogP contribution in [0.15, 0.2) is 24.3 Å². The summed E-state index contributed by atoms with van der Waals surface area (Å²) in [5.74, 6) is 0.934. The lowest BCUT2D eigenvalue weighted by atomic mass is 9.88. The molecule has 9 nitrogen and oxygen atoms in total. The van der Waals surface area contributed by atoms with E-state index in [4.69, 9.17) is 11.2 Å². The Balaban J connectivity index is 2.37. The molecule has 9 heteroatoms. The first-order valence-electron chi connectivity index (χ1n) is 11.2. The molecule has 0 heterocycles. The summed E-state index contributed by atoms with van der Waals surface area (Å²) < 4.78 is 9.87. The highest BCUT2D eigenvalue weighted by atomic mass is 16.6. The Morgan fingerprint density at radius 3 is 2.26 bits per heavy atom. The quantitative estimate of drug-likeness (QED) is 0.444. The smallest absolute Gasteiger partial charge is 0.408 e. The molecule has 0 aromatic heterocycles. The van der Waals surface area contributed by atoms with Crippen molar-refractivity contribution in [3.05, 3.63) is 35.4 Å². The molecule has 34 heavy (non-hydrogen) atoms. The first-order chi connectivity index (χ1) is 16.0. The Labute approximate surface area is 200 Å². The molecule has 2 rings (SSSR count). The molecule has 1 fully saturated rings. The van der Waals surface area contributed by atoms with Gasteiger partial charge in [0, 0.05) is 11.6 Å². The summed E-state index contributed by atoms with van der Waals surface area (Å²) in [6, 6.07) is 4.55. The zero-order valence-corrected chi connectivity index (χ0v) is 20.3. The third-order valence-electron chi connectivity index (χ3n) is 5.38. The molecular formula is C25H33N3O6. The highest BCUT2D eigenvalue weighted by Gasteiger charge is 2.41. The summed E-state index contributed by atoms with van der Waals surface area (Å²) in [6.45, 7) is 6.37. The number of carbonyl (C=O) groups excluding carboxylic acids is 4. The van der Waals surface area contributed by atoms with Crippen LogP contribution in [0.4, 0.5) is 4.79 Å². The molecule has 0 spiro atoms. The van der Waals surface area contributed by atoms with E-state index < -0.39 is 41.6 Å². The molecule has 1 saturated carbocycles. The van der Waals surface area contributed by atoms with E-state index in [1.807, 2.05) is 0 Å². The van der Waals surface area contributed by atoms with Crippen LogP contribution in [0, 0.1) is 12.3 Å². The summed E-state index contributed by atoms with van der Waals surface area (Å²) in [7, 11) is 1.22. The highest BCUT2D eigenvalue weighted by Crippen LogP contribution is 2.33. The van der Waals surface area contributed by atoms with E-state index in [0.29, 0.717) is 24.0 Å².